The van der Waals surface area contributed by atoms with Crippen molar-refractivity contribution in [1.82, 2.24) is 5.32 Å². The molecule has 1 atom stereocenters. The highest BCUT2D eigenvalue weighted by Crippen LogP contribution is 2.24. The molecule has 0 aromatic heterocycles. The first-order valence-electron chi connectivity index (χ1n) is 10.3. The monoisotopic (exact) mass is 431 g/mol. The molecule has 0 aliphatic carbocycles. The Bertz CT molecular complexity index is 947. The summed E-state index contributed by atoms with van der Waals surface area (Å²) in [7, 11) is -3.63. The number of aryl methyl sites for hydroxylation is 2. The van der Waals surface area contributed by atoms with Crippen molar-refractivity contribution in [1.29, 1.82) is 0 Å². The van der Waals surface area contributed by atoms with Crippen LogP contribution in [0.4, 0.5) is 11.4 Å². The first-order chi connectivity index (χ1) is 14.1. The van der Waals surface area contributed by atoms with Gasteiger partial charge >= 0.3 is 0 Å². The first-order valence-corrected chi connectivity index (χ1v) is 12.1. The van der Waals surface area contributed by atoms with E-state index in [1.54, 1.807) is 19.1 Å². The molecule has 7 heteroatoms. The average molecular weight is 432 g/mol. The van der Waals surface area contributed by atoms with Gasteiger partial charge in [0.15, 0.2) is 0 Å². The normalized spacial score (nSPS) is 12.3. The van der Waals surface area contributed by atoms with Gasteiger partial charge in [-0.2, -0.15) is 0 Å². The second-order valence-electron chi connectivity index (χ2n) is 7.64. The molecule has 0 aliphatic heterocycles. The molecule has 2 rings (SSSR count). The Morgan fingerprint density at radius 1 is 0.967 bits per heavy atom. The van der Waals surface area contributed by atoms with Crippen molar-refractivity contribution in [3.05, 3.63) is 59.2 Å². The summed E-state index contributed by atoms with van der Waals surface area (Å²) in [6.45, 7) is 11.9. The fourth-order valence-corrected chi connectivity index (χ4v) is 4.80. The Balaban J connectivity index is 2.14. The summed E-state index contributed by atoms with van der Waals surface area (Å²) in [5.41, 5.74) is 4.49. The van der Waals surface area contributed by atoms with Gasteiger partial charge in [-0.3, -0.25) is 9.10 Å². The molecular weight excluding hydrogens is 398 g/mol. The van der Waals surface area contributed by atoms with Crippen LogP contribution < -0.4 is 14.5 Å². The summed E-state index contributed by atoms with van der Waals surface area (Å²) in [5.74, 6) is -0.340. The quantitative estimate of drug-likeness (QED) is 0.658. The number of nitrogens with zero attached hydrogens (tertiary/aromatic N) is 2. The third-order valence-corrected chi connectivity index (χ3v) is 6.32. The van der Waals surface area contributed by atoms with E-state index < -0.39 is 16.1 Å². The van der Waals surface area contributed by atoms with Gasteiger partial charge in [-0.15, -0.1) is 0 Å². The maximum Gasteiger partial charge on any atom is 0.243 e. The van der Waals surface area contributed by atoms with Crippen LogP contribution in [0, 0.1) is 13.8 Å². The second kappa shape index (κ2) is 9.98. The van der Waals surface area contributed by atoms with Crippen molar-refractivity contribution < 1.29 is 13.2 Å². The third kappa shape index (κ3) is 5.98. The van der Waals surface area contributed by atoms with Crippen LogP contribution in [-0.2, 0) is 21.4 Å². The number of carbonyl (C=O) groups excluding carboxylic acids is 1. The van der Waals surface area contributed by atoms with Gasteiger partial charge in [-0.1, -0.05) is 18.2 Å². The van der Waals surface area contributed by atoms with Crippen LogP contribution in [-0.4, -0.2) is 39.7 Å². The first kappa shape index (κ1) is 23.7. The molecule has 1 amide bonds. The predicted octanol–water partition coefficient (Wildman–Crippen LogP) is 3.62. The minimum atomic E-state index is -3.63. The molecule has 0 spiro atoms. The fraction of sp³-hybridized carbons (Fsp3) is 0.435. The molecule has 6 nitrogen and oxygen atoms in total. The molecule has 0 fully saturated rings. The number of nitrogens with one attached hydrogen (secondary N) is 1. The Morgan fingerprint density at radius 3 is 1.97 bits per heavy atom. The molecule has 0 saturated carbocycles. The van der Waals surface area contributed by atoms with Crippen LogP contribution in [0.5, 0.6) is 0 Å². The van der Waals surface area contributed by atoms with Crippen molar-refractivity contribution in [2.75, 3.05) is 28.6 Å². The molecule has 0 radical (unpaired) electrons. The highest BCUT2D eigenvalue weighted by atomic mass is 32.2. The lowest BCUT2D eigenvalue weighted by Gasteiger charge is -2.29. The van der Waals surface area contributed by atoms with E-state index in [9.17, 15) is 13.2 Å². The highest BCUT2D eigenvalue weighted by molar-refractivity contribution is 7.92. The molecule has 2 aromatic carbocycles. The molecule has 0 bridgehead atoms. The number of sulfonamides is 1. The molecule has 164 valence electrons. The van der Waals surface area contributed by atoms with Crippen LogP contribution in [0.15, 0.2) is 42.5 Å². The summed E-state index contributed by atoms with van der Waals surface area (Å²) in [6.07, 6.45) is 1.13. The van der Waals surface area contributed by atoms with Crippen molar-refractivity contribution >= 4 is 27.3 Å². The van der Waals surface area contributed by atoms with Gasteiger partial charge in [-0.05, 0) is 75.6 Å². The Kier molecular flexibility index (Phi) is 7.89. The van der Waals surface area contributed by atoms with Crippen LogP contribution in [0.25, 0.3) is 0 Å². The SMILES string of the molecule is CCN(CC)c1ccc(CNC(=O)[C@H](C)N(c2cc(C)cc(C)c2)S(C)(=O)=O)cc1. The summed E-state index contributed by atoms with van der Waals surface area (Å²) in [5, 5.41) is 2.87. The number of carbonyl (C=O) groups is 1. The van der Waals surface area contributed by atoms with Gasteiger partial charge in [0.1, 0.15) is 6.04 Å². The van der Waals surface area contributed by atoms with E-state index in [4.69, 9.17) is 0 Å². The van der Waals surface area contributed by atoms with E-state index in [1.807, 2.05) is 44.2 Å². The largest absolute Gasteiger partial charge is 0.372 e. The van der Waals surface area contributed by atoms with Gasteiger partial charge in [-0.25, -0.2) is 8.42 Å². The Labute approximate surface area is 180 Å². The van der Waals surface area contributed by atoms with Gasteiger partial charge in [0.05, 0.1) is 11.9 Å². The highest BCUT2D eigenvalue weighted by Gasteiger charge is 2.29. The second-order valence-corrected chi connectivity index (χ2v) is 9.50. The standard InChI is InChI=1S/C23H33N3O3S/c1-7-25(8-2)21-11-9-20(10-12-21)16-24-23(27)19(5)26(30(6,28)29)22-14-17(3)13-18(4)15-22/h9-15,19H,7-8,16H2,1-6H3,(H,24,27)/t19-/m0/s1. The number of hydrogen-bond donors (Lipinski definition) is 1. The lowest BCUT2D eigenvalue weighted by molar-refractivity contribution is -0.122. The summed E-state index contributed by atoms with van der Waals surface area (Å²) in [4.78, 5) is 15.0. The zero-order valence-electron chi connectivity index (χ0n) is 18.8. The predicted molar refractivity (Wildman–Crippen MR) is 125 cm³/mol. The van der Waals surface area contributed by atoms with Gasteiger partial charge in [0, 0.05) is 25.3 Å². The molecule has 2 aromatic rings. The molecular formula is C23H33N3O3S. The van der Waals surface area contributed by atoms with E-state index >= 15 is 0 Å². The summed E-state index contributed by atoms with van der Waals surface area (Å²) >= 11 is 0. The molecule has 0 heterocycles. The van der Waals surface area contributed by atoms with Gasteiger partial charge in [0.2, 0.25) is 15.9 Å². The number of rotatable bonds is 9. The maximum atomic E-state index is 12.8. The summed E-state index contributed by atoms with van der Waals surface area (Å²) < 4.78 is 26.1. The topological polar surface area (TPSA) is 69.7 Å². The van der Waals surface area contributed by atoms with E-state index in [-0.39, 0.29) is 5.91 Å². The van der Waals surface area contributed by atoms with Crippen molar-refractivity contribution in [2.45, 2.75) is 47.2 Å². The lowest BCUT2D eigenvalue weighted by Crippen LogP contribution is -2.47. The van der Waals surface area contributed by atoms with Crippen molar-refractivity contribution in [3.8, 4) is 0 Å². The fourth-order valence-electron chi connectivity index (χ4n) is 3.64. The Hall–Kier alpha value is -2.54. The van der Waals surface area contributed by atoms with Crippen molar-refractivity contribution in [3.63, 3.8) is 0 Å². The lowest BCUT2D eigenvalue weighted by atomic mass is 10.1. The summed E-state index contributed by atoms with van der Waals surface area (Å²) in [6, 6.07) is 12.7. The Morgan fingerprint density at radius 2 is 1.50 bits per heavy atom. The van der Waals surface area contributed by atoms with Crippen LogP contribution in [0.2, 0.25) is 0 Å². The van der Waals surface area contributed by atoms with E-state index in [0.717, 1.165) is 41.7 Å². The zero-order chi connectivity index (χ0) is 22.5. The zero-order valence-corrected chi connectivity index (χ0v) is 19.6. The minimum absolute atomic E-state index is 0.339. The van der Waals surface area contributed by atoms with Crippen LogP contribution in [0.1, 0.15) is 37.5 Å². The molecule has 0 unspecified atom stereocenters. The van der Waals surface area contributed by atoms with Crippen LogP contribution in [0.3, 0.4) is 0 Å². The van der Waals surface area contributed by atoms with E-state index in [0.29, 0.717) is 12.2 Å². The van der Waals surface area contributed by atoms with Crippen LogP contribution >= 0.6 is 0 Å². The smallest absolute Gasteiger partial charge is 0.243 e. The number of benzene rings is 2. The van der Waals surface area contributed by atoms with E-state index in [2.05, 4.69) is 24.1 Å². The molecule has 30 heavy (non-hydrogen) atoms. The third-order valence-electron chi connectivity index (χ3n) is 5.08. The maximum absolute atomic E-state index is 12.8. The molecule has 1 N–H and O–H groups in total. The van der Waals surface area contributed by atoms with E-state index in [1.165, 1.54) is 4.31 Å². The molecule has 0 saturated heterocycles. The van der Waals surface area contributed by atoms with Gasteiger partial charge < -0.3 is 10.2 Å². The van der Waals surface area contributed by atoms with Gasteiger partial charge in [0.25, 0.3) is 0 Å². The number of anilines is 2. The molecule has 0 aliphatic rings. The number of hydrogen-bond acceptors (Lipinski definition) is 4. The van der Waals surface area contributed by atoms with Crippen molar-refractivity contribution in [2.24, 2.45) is 0 Å². The number of amides is 1. The minimum Gasteiger partial charge on any atom is -0.372 e. The average Bonchev–Trinajstić information content (AvgIpc) is 2.66.